The SMILES string of the molecule is COC(=O)c1c(-c2ccccc2)csc1NC(=O)CSc1nnc(-c2cccs2)n1CC1CCCO1. The number of ether oxygens (including phenoxy) is 2. The standard InChI is InChI=1S/C25H24N4O4S3/c1-32-24(31)21-18(16-7-3-2-4-8-16)14-35-23(21)26-20(30)15-36-25-28-27-22(19-10-6-12-34-19)29(25)13-17-9-5-11-33-17/h2-4,6-8,10,12,14,17H,5,9,11,13,15H2,1H3,(H,26,30). The van der Waals surface area contributed by atoms with Gasteiger partial charge >= 0.3 is 5.97 Å². The van der Waals surface area contributed by atoms with Gasteiger partial charge in [-0.1, -0.05) is 48.2 Å². The number of hydrogen-bond acceptors (Lipinski definition) is 9. The van der Waals surface area contributed by atoms with Crippen molar-refractivity contribution in [1.82, 2.24) is 14.8 Å². The van der Waals surface area contributed by atoms with E-state index in [-0.39, 0.29) is 17.8 Å². The average molecular weight is 541 g/mol. The Morgan fingerprint density at radius 1 is 1.19 bits per heavy atom. The number of hydrogen-bond donors (Lipinski definition) is 1. The fourth-order valence-corrected chi connectivity index (χ4v) is 6.46. The molecule has 5 rings (SSSR count). The zero-order valence-electron chi connectivity index (χ0n) is 19.5. The van der Waals surface area contributed by atoms with Crippen LogP contribution >= 0.6 is 34.4 Å². The Bertz CT molecular complexity index is 1330. The highest BCUT2D eigenvalue weighted by Gasteiger charge is 2.24. The molecule has 0 spiro atoms. The second-order valence-corrected chi connectivity index (χ2v) is 10.8. The molecule has 1 N–H and O–H groups in total. The van der Waals surface area contributed by atoms with Crippen molar-refractivity contribution < 1.29 is 19.1 Å². The number of thiophene rings is 2. The summed E-state index contributed by atoms with van der Waals surface area (Å²) in [5.41, 5.74) is 1.97. The first-order chi connectivity index (χ1) is 17.6. The number of nitrogens with one attached hydrogen (secondary N) is 1. The number of methoxy groups -OCH3 is 1. The molecule has 1 fully saturated rings. The smallest absolute Gasteiger partial charge is 0.341 e. The van der Waals surface area contributed by atoms with Crippen LogP contribution in [-0.2, 0) is 20.8 Å². The number of amides is 1. The molecule has 186 valence electrons. The first-order valence-electron chi connectivity index (χ1n) is 11.4. The van der Waals surface area contributed by atoms with Gasteiger partial charge in [-0.25, -0.2) is 4.79 Å². The van der Waals surface area contributed by atoms with E-state index in [0.29, 0.717) is 22.3 Å². The van der Waals surface area contributed by atoms with Gasteiger partial charge in [-0.15, -0.1) is 32.9 Å². The van der Waals surface area contributed by atoms with Crippen LogP contribution in [0.5, 0.6) is 0 Å². The van der Waals surface area contributed by atoms with Gasteiger partial charge in [0.2, 0.25) is 5.91 Å². The molecule has 1 aromatic carbocycles. The number of aromatic nitrogens is 3. The van der Waals surface area contributed by atoms with Crippen molar-refractivity contribution in [3.05, 3.63) is 58.8 Å². The van der Waals surface area contributed by atoms with E-state index in [9.17, 15) is 9.59 Å². The minimum absolute atomic E-state index is 0.109. The second-order valence-electron chi connectivity index (χ2n) is 8.08. The molecular formula is C25H24N4O4S3. The van der Waals surface area contributed by atoms with Crippen molar-refractivity contribution in [2.45, 2.75) is 30.6 Å². The van der Waals surface area contributed by atoms with Crippen LogP contribution in [0.2, 0.25) is 0 Å². The number of carbonyl (C=O) groups is 2. The number of rotatable bonds is 9. The van der Waals surface area contributed by atoms with Crippen molar-refractivity contribution in [3.8, 4) is 21.8 Å². The summed E-state index contributed by atoms with van der Waals surface area (Å²) in [6.07, 6.45) is 2.14. The summed E-state index contributed by atoms with van der Waals surface area (Å²) in [6, 6.07) is 13.5. The normalized spacial score (nSPS) is 15.2. The van der Waals surface area contributed by atoms with Gasteiger partial charge in [0.05, 0.1) is 30.4 Å². The highest BCUT2D eigenvalue weighted by Crippen LogP contribution is 2.36. The molecule has 1 unspecified atom stereocenters. The number of carbonyl (C=O) groups excluding carboxylic acids is 2. The molecule has 36 heavy (non-hydrogen) atoms. The summed E-state index contributed by atoms with van der Waals surface area (Å²) >= 11 is 4.21. The molecule has 0 radical (unpaired) electrons. The predicted octanol–water partition coefficient (Wildman–Crippen LogP) is 5.43. The molecule has 3 aromatic heterocycles. The average Bonchev–Trinajstić information content (AvgIpc) is 3.71. The largest absolute Gasteiger partial charge is 0.465 e. The Hall–Kier alpha value is -2.99. The monoisotopic (exact) mass is 540 g/mol. The zero-order chi connectivity index (χ0) is 24.9. The highest BCUT2D eigenvalue weighted by atomic mass is 32.2. The lowest BCUT2D eigenvalue weighted by Gasteiger charge is -2.14. The molecule has 4 heterocycles. The Labute approximate surface area is 220 Å². The summed E-state index contributed by atoms with van der Waals surface area (Å²) in [6.45, 7) is 1.41. The topological polar surface area (TPSA) is 95.3 Å². The number of anilines is 1. The van der Waals surface area contributed by atoms with Gasteiger partial charge in [-0.05, 0) is 29.9 Å². The molecule has 4 aromatic rings. The fourth-order valence-electron chi connectivity index (χ4n) is 4.02. The number of esters is 1. The van der Waals surface area contributed by atoms with E-state index in [1.54, 1.807) is 11.3 Å². The van der Waals surface area contributed by atoms with E-state index in [1.807, 2.05) is 57.8 Å². The van der Waals surface area contributed by atoms with Crippen LogP contribution in [0, 0.1) is 0 Å². The molecular weight excluding hydrogens is 517 g/mol. The van der Waals surface area contributed by atoms with Gasteiger partial charge in [0.25, 0.3) is 0 Å². The third-order valence-corrected chi connectivity index (χ3v) is 8.45. The quantitative estimate of drug-likeness (QED) is 0.223. The van der Waals surface area contributed by atoms with Gasteiger partial charge in [0.1, 0.15) is 10.6 Å². The lowest BCUT2D eigenvalue weighted by atomic mass is 10.0. The highest BCUT2D eigenvalue weighted by molar-refractivity contribution is 7.99. The van der Waals surface area contributed by atoms with E-state index in [1.165, 1.54) is 30.2 Å². The lowest BCUT2D eigenvalue weighted by molar-refractivity contribution is -0.113. The maximum Gasteiger partial charge on any atom is 0.341 e. The molecule has 0 saturated carbocycles. The van der Waals surface area contributed by atoms with Gasteiger partial charge < -0.3 is 14.8 Å². The molecule has 8 nitrogen and oxygen atoms in total. The zero-order valence-corrected chi connectivity index (χ0v) is 22.0. The molecule has 1 aliphatic heterocycles. The Kier molecular flexibility index (Phi) is 7.81. The van der Waals surface area contributed by atoms with Crippen LogP contribution in [0.4, 0.5) is 5.00 Å². The van der Waals surface area contributed by atoms with E-state index < -0.39 is 5.97 Å². The maximum atomic E-state index is 12.9. The van der Waals surface area contributed by atoms with Crippen LogP contribution in [0.25, 0.3) is 21.8 Å². The second kappa shape index (κ2) is 11.4. The van der Waals surface area contributed by atoms with Crippen LogP contribution in [0.15, 0.2) is 58.4 Å². The van der Waals surface area contributed by atoms with E-state index in [0.717, 1.165) is 41.3 Å². The van der Waals surface area contributed by atoms with Crippen LogP contribution < -0.4 is 5.32 Å². The van der Waals surface area contributed by atoms with E-state index in [4.69, 9.17) is 9.47 Å². The van der Waals surface area contributed by atoms with Crippen molar-refractivity contribution >= 4 is 51.3 Å². The van der Waals surface area contributed by atoms with Crippen LogP contribution in [0.1, 0.15) is 23.2 Å². The van der Waals surface area contributed by atoms with Gasteiger partial charge in [0.15, 0.2) is 11.0 Å². The summed E-state index contributed by atoms with van der Waals surface area (Å²) in [4.78, 5) is 26.5. The predicted molar refractivity (Wildman–Crippen MR) is 143 cm³/mol. The van der Waals surface area contributed by atoms with E-state index >= 15 is 0 Å². The Morgan fingerprint density at radius 2 is 2.06 bits per heavy atom. The van der Waals surface area contributed by atoms with Crippen molar-refractivity contribution in [2.75, 3.05) is 24.8 Å². The van der Waals surface area contributed by atoms with Crippen LogP contribution in [0.3, 0.4) is 0 Å². The first-order valence-corrected chi connectivity index (χ1v) is 14.1. The third kappa shape index (κ3) is 5.39. The molecule has 1 amide bonds. The minimum Gasteiger partial charge on any atom is -0.465 e. The van der Waals surface area contributed by atoms with Gasteiger partial charge in [-0.2, -0.15) is 0 Å². The molecule has 1 saturated heterocycles. The first kappa shape index (κ1) is 24.7. The molecule has 1 atom stereocenters. The number of nitrogens with zero attached hydrogens (tertiary/aromatic N) is 3. The van der Waals surface area contributed by atoms with E-state index in [2.05, 4.69) is 15.5 Å². The minimum atomic E-state index is -0.491. The van der Waals surface area contributed by atoms with Crippen molar-refractivity contribution in [1.29, 1.82) is 0 Å². The van der Waals surface area contributed by atoms with Crippen LogP contribution in [-0.4, -0.2) is 52.2 Å². The maximum absolute atomic E-state index is 12.9. The molecule has 0 bridgehead atoms. The number of thioether (sulfide) groups is 1. The van der Waals surface area contributed by atoms with Crippen molar-refractivity contribution in [2.24, 2.45) is 0 Å². The lowest BCUT2D eigenvalue weighted by Crippen LogP contribution is -2.18. The van der Waals surface area contributed by atoms with Gasteiger partial charge in [0, 0.05) is 17.6 Å². The summed E-state index contributed by atoms with van der Waals surface area (Å²) in [7, 11) is 1.34. The third-order valence-electron chi connectivity index (χ3n) is 5.72. The Morgan fingerprint density at radius 3 is 2.78 bits per heavy atom. The molecule has 1 aliphatic rings. The number of benzene rings is 1. The molecule has 0 aliphatic carbocycles. The summed E-state index contributed by atoms with van der Waals surface area (Å²) in [5, 5.41) is 16.7. The summed E-state index contributed by atoms with van der Waals surface area (Å²) < 4.78 is 12.9. The fraction of sp³-hybridized carbons (Fsp3) is 0.280. The van der Waals surface area contributed by atoms with Gasteiger partial charge in [-0.3, -0.25) is 9.36 Å². The Balaban J connectivity index is 1.32. The summed E-state index contributed by atoms with van der Waals surface area (Å²) in [5.74, 6) is 0.167. The molecule has 11 heteroatoms. The van der Waals surface area contributed by atoms with Crippen molar-refractivity contribution in [3.63, 3.8) is 0 Å².